The summed E-state index contributed by atoms with van der Waals surface area (Å²) in [5.41, 5.74) is 2.22. The normalized spacial score (nSPS) is 11.8. The lowest BCUT2D eigenvalue weighted by Gasteiger charge is -2.20. The maximum Gasteiger partial charge on any atom is 0.255 e. The van der Waals surface area contributed by atoms with Gasteiger partial charge in [-0.15, -0.1) is 20.4 Å². The van der Waals surface area contributed by atoms with E-state index in [1.165, 1.54) is 16.7 Å². The van der Waals surface area contributed by atoms with Crippen molar-refractivity contribution >= 4 is 58.3 Å². The molecule has 47 heavy (non-hydrogen) atoms. The van der Waals surface area contributed by atoms with Crippen LogP contribution >= 0.6 is 35.1 Å². The highest BCUT2D eigenvalue weighted by molar-refractivity contribution is 8.01. The second-order valence-electron chi connectivity index (χ2n) is 10.1. The summed E-state index contributed by atoms with van der Waals surface area (Å²) >= 11 is 8.93. The van der Waals surface area contributed by atoms with E-state index in [9.17, 15) is 9.59 Å². The van der Waals surface area contributed by atoms with Gasteiger partial charge in [-0.2, -0.15) is 0 Å². The van der Waals surface area contributed by atoms with Gasteiger partial charge in [0.25, 0.3) is 5.91 Å². The number of benzene rings is 2. The molecular weight excluding hydrogens is 660 g/mol. The number of hydrogen-bond donors (Lipinski definition) is 1. The first-order valence-corrected chi connectivity index (χ1v) is 16.8. The summed E-state index contributed by atoms with van der Waals surface area (Å²) in [7, 11) is 3.45. The largest absolute Gasteiger partial charge is 0.461 e. The van der Waals surface area contributed by atoms with Gasteiger partial charge >= 0.3 is 0 Å². The average Bonchev–Trinajstić information content (AvgIpc) is 3.91. The molecule has 2 amide bonds. The van der Waals surface area contributed by atoms with Gasteiger partial charge in [0.15, 0.2) is 32.4 Å². The van der Waals surface area contributed by atoms with Crippen molar-refractivity contribution in [2.75, 3.05) is 23.0 Å². The number of hydrogen-bond acceptors (Lipinski definition) is 10. The van der Waals surface area contributed by atoms with Crippen molar-refractivity contribution in [1.29, 1.82) is 0 Å². The smallest absolute Gasteiger partial charge is 0.255 e. The average molecular weight is 689 g/mol. The number of nitrogens with zero attached hydrogens (tertiary/aromatic N) is 7. The van der Waals surface area contributed by atoms with Crippen LogP contribution in [0.15, 0.2) is 104 Å². The molecule has 1 N–H and O–H groups in total. The second-order valence-corrected chi connectivity index (χ2v) is 12.8. The van der Waals surface area contributed by atoms with E-state index in [0.717, 1.165) is 23.0 Å². The number of nitrogens with one attached hydrogen (secondary N) is 1. The Hall–Kier alpha value is -4.79. The predicted molar refractivity (Wildman–Crippen MR) is 182 cm³/mol. The number of rotatable bonds is 12. The fourth-order valence-corrected chi connectivity index (χ4v) is 6.60. The number of anilines is 2. The Morgan fingerprint density at radius 1 is 0.894 bits per heavy atom. The van der Waals surface area contributed by atoms with Crippen LogP contribution in [0.5, 0.6) is 0 Å². The third-order valence-corrected chi connectivity index (χ3v) is 9.49. The number of aromatic nitrogens is 6. The van der Waals surface area contributed by atoms with Crippen molar-refractivity contribution in [3.05, 3.63) is 85.1 Å². The molecule has 1 atom stereocenters. The first-order chi connectivity index (χ1) is 22.8. The Morgan fingerprint density at radius 3 is 2.34 bits per heavy atom. The van der Waals surface area contributed by atoms with Crippen LogP contribution in [-0.2, 0) is 23.2 Å². The molecule has 1 unspecified atom stereocenters. The Morgan fingerprint density at radius 2 is 1.62 bits per heavy atom. The molecule has 6 rings (SSSR count). The summed E-state index contributed by atoms with van der Waals surface area (Å²) in [6.07, 6.45) is 1.56. The van der Waals surface area contributed by atoms with E-state index in [0.29, 0.717) is 51.5 Å². The Balaban J connectivity index is 1.08. The molecule has 6 aromatic rings. The maximum atomic E-state index is 13.2. The summed E-state index contributed by atoms with van der Waals surface area (Å²) in [6.45, 7) is 2.58. The van der Waals surface area contributed by atoms with Crippen LogP contribution in [-0.4, -0.2) is 58.9 Å². The lowest BCUT2D eigenvalue weighted by Crippen LogP contribution is -2.32. The molecule has 0 aliphatic rings. The van der Waals surface area contributed by atoms with Crippen molar-refractivity contribution in [3.63, 3.8) is 0 Å². The van der Waals surface area contributed by atoms with Crippen molar-refractivity contribution in [2.45, 2.75) is 28.5 Å². The van der Waals surface area contributed by atoms with Gasteiger partial charge in [0, 0.05) is 37.6 Å². The highest BCUT2D eigenvalue weighted by Crippen LogP contribution is 2.33. The monoisotopic (exact) mass is 688 g/mol. The number of furan rings is 2. The van der Waals surface area contributed by atoms with Gasteiger partial charge in [0.05, 0.1) is 12.0 Å². The minimum absolute atomic E-state index is 0.130. The Kier molecular flexibility index (Phi) is 9.80. The fourth-order valence-electron chi connectivity index (χ4n) is 4.63. The summed E-state index contributed by atoms with van der Waals surface area (Å²) in [4.78, 5) is 27.1. The summed E-state index contributed by atoms with van der Waals surface area (Å²) < 4.78 is 14.3. The zero-order valence-electron chi connectivity index (χ0n) is 25.5. The molecule has 12 nitrogen and oxygen atoms in total. The van der Waals surface area contributed by atoms with E-state index in [-0.39, 0.29) is 17.6 Å². The third kappa shape index (κ3) is 7.14. The standard InChI is InChI=1S/C32H29ClN8O4S2/c1-4-41-29(36-38-32(41)46-19-26(42)34-21-9-6-5-7-10-21)25-17-16-23(45-25)20-12-14-22(15-13-20)39(2)30(43)27(33)47-31-37-35-28(40(31)3)24-11-8-18-44-24/h5-18,27H,4,19H2,1-3H3,(H,34,42). The summed E-state index contributed by atoms with van der Waals surface area (Å²) in [5, 5.41) is 20.9. The molecule has 0 saturated heterocycles. The van der Waals surface area contributed by atoms with Gasteiger partial charge in [-0.1, -0.05) is 53.3 Å². The van der Waals surface area contributed by atoms with Crippen LogP contribution in [0.4, 0.5) is 11.4 Å². The number of halogens is 1. The van der Waals surface area contributed by atoms with Gasteiger partial charge in [0.1, 0.15) is 5.76 Å². The number of para-hydroxylation sites is 1. The van der Waals surface area contributed by atoms with Crippen LogP contribution in [0.2, 0.25) is 0 Å². The minimum Gasteiger partial charge on any atom is -0.461 e. The van der Waals surface area contributed by atoms with E-state index in [1.54, 1.807) is 37.1 Å². The van der Waals surface area contributed by atoms with Gasteiger partial charge < -0.3 is 23.6 Å². The molecule has 0 aliphatic carbocycles. The Bertz CT molecular complexity index is 1970. The maximum absolute atomic E-state index is 13.2. The van der Waals surface area contributed by atoms with Gasteiger partial charge in [0.2, 0.25) is 11.7 Å². The highest BCUT2D eigenvalue weighted by Gasteiger charge is 2.25. The molecule has 0 fully saturated rings. The van der Waals surface area contributed by atoms with E-state index in [2.05, 4.69) is 25.7 Å². The molecule has 0 aliphatic heterocycles. The zero-order chi connectivity index (χ0) is 32.9. The topological polar surface area (TPSA) is 137 Å². The minimum atomic E-state index is -0.933. The first kappa shape index (κ1) is 32.2. The van der Waals surface area contributed by atoms with Crippen molar-refractivity contribution in [1.82, 2.24) is 29.5 Å². The third-order valence-electron chi connectivity index (χ3n) is 7.10. The van der Waals surface area contributed by atoms with E-state index >= 15 is 0 Å². The molecule has 0 saturated carbocycles. The molecule has 240 valence electrons. The van der Waals surface area contributed by atoms with Crippen LogP contribution in [0.3, 0.4) is 0 Å². The number of amides is 2. The van der Waals surface area contributed by atoms with Gasteiger partial charge in [-0.25, -0.2) is 0 Å². The van der Waals surface area contributed by atoms with Gasteiger partial charge in [-0.05, 0) is 67.6 Å². The van der Waals surface area contributed by atoms with E-state index in [1.807, 2.05) is 78.2 Å². The SMILES string of the molecule is CCn1c(SCC(=O)Nc2ccccc2)nnc1-c1ccc(-c2ccc(N(C)C(=O)C(Cl)Sc3nnc(-c4ccco4)n3C)cc2)o1. The van der Waals surface area contributed by atoms with Gasteiger partial charge in [-0.3, -0.25) is 14.2 Å². The first-order valence-electron chi connectivity index (χ1n) is 14.5. The summed E-state index contributed by atoms with van der Waals surface area (Å²) in [6, 6.07) is 23.9. The second kappa shape index (κ2) is 14.3. The molecule has 0 bridgehead atoms. The highest BCUT2D eigenvalue weighted by atomic mass is 35.5. The van der Waals surface area contributed by atoms with E-state index in [4.69, 9.17) is 20.4 Å². The zero-order valence-corrected chi connectivity index (χ0v) is 27.9. The molecule has 0 radical (unpaired) electrons. The van der Waals surface area contributed by atoms with E-state index < -0.39 is 4.71 Å². The lowest BCUT2D eigenvalue weighted by molar-refractivity contribution is -0.116. The number of alkyl halides is 1. The van der Waals surface area contributed by atoms with Crippen LogP contribution in [0.1, 0.15) is 6.92 Å². The quantitative estimate of drug-likeness (QED) is 0.110. The number of carbonyl (C=O) groups is 2. The fraction of sp³-hybridized carbons (Fsp3) is 0.188. The predicted octanol–water partition coefficient (Wildman–Crippen LogP) is 6.66. The van der Waals surface area contributed by atoms with Crippen molar-refractivity contribution in [3.8, 4) is 34.5 Å². The molecule has 2 aromatic carbocycles. The van der Waals surface area contributed by atoms with Crippen LogP contribution in [0.25, 0.3) is 34.5 Å². The molecule has 4 heterocycles. The van der Waals surface area contributed by atoms with Crippen molar-refractivity contribution in [2.24, 2.45) is 7.05 Å². The lowest BCUT2D eigenvalue weighted by atomic mass is 10.1. The molecule has 4 aromatic heterocycles. The van der Waals surface area contributed by atoms with Crippen LogP contribution < -0.4 is 10.2 Å². The Labute approximate surface area is 283 Å². The van der Waals surface area contributed by atoms with Crippen LogP contribution in [0, 0.1) is 0 Å². The molecule has 15 heteroatoms. The molecule has 0 spiro atoms. The summed E-state index contributed by atoms with van der Waals surface area (Å²) in [5.74, 6) is 2.60. The van der Waals surface area contributed by atoms with Crippen molar-refractivity contribution < 1.29 is 18.4 Å². The number of thioether (sulfide) groups is 2. The molecular formula is C32H29ClN8O4S2. The number of carbonyl (C=O) groups excluding carboxylic acids is 2.